The van der Waals surface area contributed by atoms with E-state index in [0.29, 0.717) is 32.6 Å². The zero-order chi connectivity index (χ0) is 14.6. The van der Waals surface area contributed by atoms with Crippen molar-refractivity contribution in [2.45, 2.75) is 26.3 Å². The SMILES string of the molecule is CCOCCC(=O)NCc1ccccc1C#CCCO. The number of hydrogen-bond acceptors (Lipinski definition) is 3. The summed E-state index contributed by atoms with van der Waals surface area (Å²) in [4.78, 5) is 11.6. The Bertz CT molecular complexity index is 474. The van der Waals surface area contributed by atoms with Crippen molar-refractivity contribution in [2.24, 2.45) is 0 Å². The molecule has 0 saturated heterocycles. The van der Waals surface area contributed by atoms with E-state index in [-0.39, 0.29) is 12.5 Å². The second kappa shape index (κ2) is 10.0. The maximum absolute atomic E-state index is 11.6. The molecule has 4 heteroatoms. The van der Waals surface area contributed by atoms with Crippen LogP contribution in [0.2, 0.25) is 0 Å². The predicted molar refractivity (Wildman–Crippen MR) is 78.0 cm³/mol. The topological polar surface area (TPSA) is 58.6 Å². The van der Waals surface area contributed by atoms with Gasteiger partial charge in [-0.05, 0) is 18.6 Å². The number of hydrogen-bond donors (Lipinski definition) is 2. The summed E-state index contributed by atoms with van der Waals surface area (Å²) in [5, 5.41) is 11.6. The molecule has 0 fully saturated rings. The van der Waals surface area contributed by atoms with Crippen LogP contribution in [0, 0.1) is 11.8 Å². The van der Waals surface area contributed by atoms with Gasteiger partial charge in [-0.1, -0.05) is 30.0 Å². The van der Waals surface area contributed by atoms with Gasteiger partial charge < -0.3 is 15.2 Å². The third-order valence-electron chi connectivity index (χ3n) is 2.63. The molecule has 0 aliphatic carbocycles. The molecule has 0 aliphatic heterocycles. The van der Waals surface area contributed by atoms with Crippen LogP contribution in [-0.2, 0) is 16.1 Å². The van der Waals surface area contributed by atoms with Crippen LogP contribution in [0.25, 0.3) is 0 Å². The molecule has 0 spiro atoms. The summed E-state index contributed by atoms with van der Waals surface area (Å²) in [6, 6.07) is 7.67. The fraction of sp³-hybridized carbons (Fsp3) is 0.438. The van der Waals surface area contributed by atoms with Crippen molar-refractivity contribution in [3.05, 3.63) is 35.4 Å². The summed E-state index contributed by atoms with van der Waals surface area (Å²) in [5.74, 6) is 5.86. The van der Waals surface area contributed by atoms with Gasteiger partial charge in [0.25, 0.3) is 0 Å². The fourth-order valence-corrected chi connectivity index (χ4v) is 1.60. The standard InChI is InChI=1S/C16H21NO3/c1-2-20-12-10-16(19)17-13-15-9-4-3-7-14(15)8-5-6-11-18/h3-4,7,9,18H,2,6,10-13H2,1H3,(H,17,19). The summed E-state index contributed by atoms with van der Waals surface area (Å²) in [6.07, 6.45) is 0.821. The van der Waals surface area contributed by atoms with Gasteiger partial charge in [0, 0.05) is 31.6 Å². The van der Waals surface area contributed by atoms with Crippen molar-refractivity contribution in [1.29, 1.82) is 0 Å². The normalized spacial score (nSPS) is 9.70. The van der Waals surface area contributed by atoms with E-state index in [4.69, 9.17) is 9.84 Å². The molecule has 1 aromatic rings. The van der Waals surface area contributed by atoms with Crippen molar-refractivity contribution in [2.75, 3.05) is 19.8 Å². The highest BCUT2D eigenvalue weighted by atomic mass is 16.5. The van der Waals surface area contributed by atoms with Crippen molar-refractivity contribution in [3.63, 3.8) is 0 Å². The molecule has 20 heavy (non-hydrogen) atoms. The summed E-state index contributed by atoms with van der Waals surface area (Å²) in [7, 11) is 0. The Morgan fingerprint density at radius 1 is 1.40 bits per heavy atom. The van der Waals surface area contributed by atoms with Gasteiger partial charge in [0.2, 0.25) is 5.91 Å². The van der Waals surface area contributed by atoms with Gasteiger partial charge in [0.1, 0.15) is 0 Å². The maximum atomic E-state index is 11.6. The number of carbonyl (C=O) groups excluding carboxylic acids is 1. The molecule has 0 radical (unpaired) electrons. The number of carbonyl (C=O) groups is 1. The number of nitrogens with one attached hydrogen (secondary N) is 1. The second-order valence-electron chi connectivity index (χ2n) is 4.16. The molecule has 0 heterocycles. The number of aliphatic hydroxyl groups excluding tert-OH is 1. The smallest absolute Gasteiger partial charge is 0.222 e. The monoisotopic (exact) mass is 275 g/mol. The minimum absolute atomic E-state index is 0.0310. The highest BCUT2D eigenvalue weighted by molar-refractivity contribution is 5.76. The second-order valence-corrected chi connectivity index (χ2v) is 4.16. The van der Waals surface area contributed by atoms with Crippen LogP contribution in [0.3, 0.4) is 0 Å². The van der Waals surface area contributed by atoms with Gasteiger partial charge in [-0.15, -0.1) is 0 Å². The number of benzene rings is 1. The van der Waals surface area contributed by atoms with Crippen LogP contribution in [0.15, 0.2) is 24.3 Å². The Hall–Kier alpha value is -1.83. The molecule has 108 valence electrons. The van der Waals surface area contributed by atoms with Crippen molar-refractivity contribution in [1.82, 2.24) is 5.32 Å². The van der Waals surface area contributed by atoms with E-state index < -0.39 is 0 Å². The maximum Gasteiger partial charge on any atom is 0.222 e. The number of amides is 1. The Balaban J connectivity index is 2.51. The first kappa shape index (κ1) is 16.2. The third-order valence-corrected chi connectivity index (χ3v) is 2.63. The van der Waals surface area contributed by atoms with E-state index in [1.165, 1.54) is 0 Å². The molecular formula is C16H21NO3. The highest BCUT2D eigenvalue weighted by Gasteiger charge is 2.03. The van der Waals surface area contributed by atoms with E-state index in [9.17, 15) is 4.79 Å². The van der Waals surface area contributed by atoms with E-state index in [1.54, 1.807) is 0 Å². The Morgan fingerprint density at radius 2 is 2.20 bits per heavy atom. The van der Waals surface area contributed by atoms with Crippen molar-refractivity contribution in [3.8, 4) is 11.8 Å². The van der Waals surface area contributed by atoms with Gasteiger partial charge in [0.15, 0.2) is 0 Å². The van der Waals surface area contributed by atoms with Gasteiger partial charge >= 0.3 is 0 Å². The molecule has 0 bridgehead atoms. The van der Waals surface area contributed by atoms with E-state index in [1.807, 2.05) is 31.2 Å². The molecule has 0 aromatic heterocycles. The lowest BCUT2D eigenvalue weighted by Crippen LogP contribution is -2.24. The highest BCUT2D eigenvalue weighted by Crippen LogP contribution is 2.07. The zero-order valence-electron chi connectivity index (χ0n) is 11.8. The van der Waals surface area contributed by atoms with E-state index in [2.05, 4.69) is 17.2 Å². The number of aliphatic hydroxyl groups is 1. The first-order chi connectivity index (χ1) is 9.77. The van der Waals surface area contributed by atoms with Crippen LogP contribution >= 0.6 is 0 Å². The molecular weight excluding hydrogens is 254 g/mol. The Labute approximate surface area is 120 Å². The minimum Gasteiger partial charge on any atom is -0.395 e. The summed E-state index contributed by atoms with van der Waals surface area (Å²) in [6.45, 7) is 3.48. The molecule has 0 aliphatic rings. The quantitative estimate of drug-likeness (QED) is 0.585. The molecule has 1 aromatic carbocycles. The van der Waals surface area contributed by atoms with Gasteiger partial charge in [0.05, 0.1) is 13.2 Å². The first-order valence-electron chi connectivity index (χ1n) is 6.80. The summed E-state index contributed by atoms with van der Waals surface area (Å²) in [5.41, 5.74) is 1.86. The molecule has 1 rings (SSSR count). The lowest BCUT2D eigenvalue weighted by Gasteiger charge is -2.07. The first-order valence-corrected chi connectivity index (χ1v) is 6.80. The van der Waals surface area contributed by atoms with E-state index >= 15 is 0 Å². The van der Waals surface area contributed by atoms with Gasteiger partial charge in [-0.3, -0.25) is 4.79 Å². The molecule has 1 amide bonds. The van der Waals surface area contributed by atoms with Crippen LogP contribution < -0.4 is 5.32 Å². The van der Waals surface area contributed by atoms with Gasteiger partial charge in [-0.25, -0.2) is 0 Å². The Morgan fingerprint density at radius 3 is 2.95 bits per heavy atom. The lowest BCUT2D eigenvalue weighted by atomic mass is 10.1. The average Bonchev–Trinajstić information content (AvgIpc) is 2.47. The average molecular weight is 275 g/mol. The van der Waals surface area contributed by atoms with Gasteiger partial charge in [-0.2, -0.15) is 0 Å². The molecule has 0 atom stereocenters. The van der Waals surface area contributed by atoms with Crippen LogP contribution in [0.1, 0.15) is 30.9 Å². The summed E-state index contributed by atoms with van der Waals surface area (Å²) >= 11 is 0. The summed E-state index contributed by atoms with van der Waals surface area (Å²) < 4.78 is 5.14. The molecule has 0 saturated carbocycles. The number of rotatable bonds is 7. The zero-order valence-corrected chi connectivity index (χ0v) is 11.8. The minimum atomic E-state index is -0.0310. The largest absolute Gasteiger partial charge is 0.395 e. The predicted octanol–water partition coefficient (Wildman–Crippen LogP) is 1.46. The fourth-order valence-electron chi connectivity index (χ4n) is 1.60. The van der Waals surface area contributed by atoms with Crippen LogP contribution in [0.5, 0.6) is 0 Å². The van der Waals surface area contributed by atoms with Crippen molar-refractivity contribution >= 4 is 5.91 Å². The number of ether oxygens (including phenoxy) is 1. The van der Waals surface area contributed by atoms with Crippen LogP contribution in [-0.4, -0.2) is 30.8 Å². The lowest BCUT2D eigenvalue weighted by molar-refractivity contribution is -0.122. The molecule has 4 nitrogen and oxygen atoms in total. The van der Waals surface area contributed by atoms with Crippen molar-refractivity contribution < 1.29 is 14.6 Å². The molecule has 0 unspecified atom stereocenters. The third kappa shape index (κ3) is 6.37. The van der Waals surface area contributed by atoms with E-state index in [0.717, 1.165) is 11.1 Å². The van der Waals surface area contributed by atoms with Crippen LogP contribution in [0.4, 0.5) is 0 Å². The Kier molecular flexibility index (Phi) is 8.13. The molecule has 2 N–H and O–H groups in total.